The number of aromatic nitrogens is 1. The summed E-state index contributed by atoms with van der Waals surface area (Å²) in [6.45, 7) is 13.8. The van der Waals surface area contributed by atoms with Crippen LogP contribution in [0.2, 0.25) is 0 Å². The third kappa shape index (κ3) is 6.02. The van der Waals surface area contributed by atoms with Gasteiger partial charge in [-0.05, 0) is 11.8 Å². The first-order valence-electron chi connectivity index (χ1n) is 6.89. The number of nitrogens with zero attached hydrogens (tertiary/aromatic N) is 1. The lowest BCUT2D eigenvalue weighted by Crippen LogP contribution is -2.30. The van der Waals surface area contributed by atoms with E-state index < -0.39 is 0 Å². The Bertz CT molecular complexity index is 380. The van der Waals surface area contributed by atoms with Crippen LogP contribution < -0.4 is 5.32 Å². The number of nitrogens with one attached hydrogen (secondary N) is 1. The number of hydrogen-bond acceptors (Lipinski definition) is 4. The van der Waals surface area contributed by atoms with Crippen molar-refractivity contribution in [2.24, 2.45) is 5.41 Å². The summed E-state index contributed by atoms with van der Waals surface area (Å²) in [5, 5.41) is 6.86. The standard InChI is InChI=1S/C15H28N2OS/c1-14(2,3)12-10-19-13(17-12)9-16-11-15(4,5)7-8-18-6/h10,16H,7-9,11H2,1-6H3. The molecule has 0 fully saturated rings. The third-order valence-electron chi connectivity index (χ3n) is 3.18. The molecule has 110 valence electrons. The van der Waals surface area contributed by atoms with Crippen molar-refractivity contribution in [1.29, 1.82) is 0 Å². The second-order valence-electron chi connectivity index (χ2n) is 6.89. The van der Waals surface area contributed by atoms with Gasteiger partial charge in [-0.25, -0.2) is 4.98 Å². The lowest BCUT2D eigenvalue weighted by atomic mass is 9.90. The first-order valence-corrected chi connectivity index (χ1v) is 7.77. The molecule has 0 amide bonds. The zero-order chi connectivity index (χ0) is 14.5. The lowest BCUT2D eigenvalue weighted by Gasteiger charge is -2.24. The van der Waals surface area contributed by atoms with Gasteiger partial charge in [-0.3, -0.25) is 0 Å². The van der Waals surface area contributed by atoms with Gasteiger partial charge >= 0.3 is 0 Å². The Hall–Kier alpha value is -0.450. The summed E-state index contributed by atoms with van der Waals surface area (Å²) >= 11 is 1.75. The predicted molar refractivity (Wildman–Crippen MR) is 82.8 cm³/mol. The zero-order valence-corrected chi connectivity index (χ0v) is 14.0. The average Bonchev–Trinajstić information content (AvgIpc) is 2.74. The average molecular weight is 284 g/mol. The molecule has 0 bridgehead atoms. The largest absolute Gasteiger partial charge is 0.385 e. The van der Waals surface area contributed by atoms with Crippen molar-refractivity contribution in [2.45, 2.75) is 53.0 Å². The van der Waals surface area contributed by atoms with Gasteiger partial charge in [-0.1, -0.05) is 34.6 Å². The summed E-state index contributed by atoms with van der Waals surface area (Å²) < 4.78 is 5.15. The quantitative estimate of drug-likeness (QED) is 0.831. The van der Waals surface area contributed by atoms with Crippen molar-refractivity contribution in [2.75, 3.05) is 20.3 Å². The van der Waals surface area contributed by atoms with Gasteiger partial charge in [0.2, 0.25) is 0 Å². The van der Waals surface area contributed by atoms with E-state index in [-0.39, 0.29) is 10.8 Å². The number of ether oxygens (including phenoxy) is 1. The molecule has 1 rings (SSSR count). The number of methoxy groups -OCH3 is 1. The summed E-state index contributed by atoms with van der Waals surface area (Å²) in [5.41, 5.74) is 1.60. The molecule has 19 heavy (non-hydrogen) atoms. The van der Waals surface area contributed by atoms with Crippen LogP contribution in [0.25, 0.3) is 0 Å². The van der Waals surface area contributed by atoms with E-state index in [0.29, 0.717) is 0 Å². The van der Waals surface area contributed by atoms with Crippen LogP contribution in [0.15, 0.2) is 5.38 Å². The highest BCUT2D eigenvalue weighted by Gasteiger charge is 2.19. The van der Waals surface area contributed by atoms with Gasteiger partial charge in [0.05, 0.1) is 5.69 Å². The minimum atomic E-state index is 0.145. The maximum Gasteiger partial charge on any atom is 0.107 e. The topological polar surface area (TPSA) is 34.1 Å². The molecule has 0 aromatic carbocycles. The summed E-state index contributed by atoms with van der Waals surface area (Å²) in [7, 11) is 1.76. The highest BCUT2D eigenvalue weighted by Crippen LogP contribution is 2.24. The predicted octanol–water partition coefficient (Wildman–Crippen LogP) is 3.59. The second-order valence-corrected chi connectivity index (χ2v) is 7.83. The second kappa shape index (κ2) is 6.82. The fourth-order valence-electron chi connectivity index (χ4n) is 1.71. The molecule has 1 aromatic rings. The van der Waals surface area contributed by atoms with Crippen LogP contribution in [0.5, 0.6) is 0 Å². The Morgan fingerprint density at radius 3 is 2.47 bits per heavy atom. The first-order chi connectivity index (χ1) is 8.74. The molecule has 1 N–H and O–H groups in total. The van der Waals surface area contributed by atoms with E-state index in [4.69, 9.17) is 9.72 Å². The van der Waals surface area contributed by atoms with E-state index in [9.17, 15) is 0 Å². The molecule has 3 nitrogen and oxygen atoms in total. The minimum absolute atomic E-state index is 0.145. The van der Waals surface area contributed by atoms with Crippen LogP contribution in [0, 0.1) is 5.41 Å². The van der Waals surface area contributed by atoms with Crippen molar-refractivity contribution in [3.8, 4) is 0 Å². The van der Waals surface area contributed by atoms with Crippen LogP contribution in [0.3, 0.4) is 0 Å². The number of thiazole rings is 1. The Labute approximate surface area is 121 Å². The molecular formula is C15H28N2OS. The van der Waals surface area contributed by atoms with E-state index in [1.165, 1.54) is 10.7 Å². The monoisotopic (exact) mass is 284 g/mol. The maximum absolute atomic E-state index is 5.15. The van der Waals surface area contributed by atoms with Crippen molar-refractivity contribution in [3.05, 3.63) is 16.1 Å². The van der Waals surface area contributed by atoms with Crippen LogP contribution in [0.1, 0.15) is 51.7 Å². The molecule has 0 aliphatic carbocycles. The van der Waals surface area contributed by atoms with Gasteiger partial charge in [0.15, 0.2) is 0 Å². The molecule has 0 saturated heterocycles. The van der Waals surface area contributed by atoms with Gasteiger partial charge in [-0.15, -0.1) is 11.3 Å². The molecule has 0 atom stereocenters. The molecule has 0 spiro atoms. The van der Waals surface area contributed by atoms with E-state index in [0.717, 1.165) is 26.1 Å². The summed E-state index contributed by atoms with van der Waals surface area (Å²) in [5.74, 6) is 0. The van der Waals surface area contributed by atoms with Crippen molar-refractivity contribution >= 4 is 11.3 Å². The van der Waals surface area contributed by atoms with Gasteiger partial charge in [0, 0.05) is 37.6 Å². The molecule has 0 aliphatic rings. The number of rotatable bonds is 7. The Morgan fingerprint density at radius 2 is 1.95 bits per heavy atom. The Kier molecular flexibility index (Phi) is 5.96. The van der Waals surface area contributed by atoms with Gasteiger partial charge in [0.25, 0.3) is 0 Å². The minimum Gasteiger partial charge on any atom is -0.385 e. The van der Waals surface area contributed by atoms with Crippen molar-refractivity contribution in [1.82, 2.24) is 10.3 Å². The van der Waals surface area contributed by atoms with Crippen LogP contribution in [0.4, 0.5) is 0 Å². The molecule has 1 aromatic heterocycles. The zero-order valence-electron chi connectivity index (χ0n) is 13.2. The SMILES string of the molecule is COCCC(C)(C)CNCc1nc(C(C)(C)C)cs1. The molecule has 0 saturated carbocycles. The molecule has 0 unspecified atom stereocenters. The molecular weight excluding hydrogens is 256 g/mol. The van der Waals surface area contributed by atoms with Gasteiger partial charge in [-0.2, -0.15) is 0 Å². The van der Waals surface area contributed by atoms with Gasteiger partial charge in [0.1, 0.15) is 5.01 Å². The van der Waals surface area contributed by atoms with Gasteiger partial charge < -0.3 is 10.1 Å². The number of hydrogen-bond donors (Lipinski definition) is 1. The molecule has 0 aliphatic heterocycles. The molecule has 1 heterocycles. The van der Waals surface area contributed by atoms with Crippen molar-refractivity contribution < 1.29 is 4.74 Å². The van der Waals surface area contributed by atoms with Crippen LogP contribution in [-0.2, 0) is 16.7 Å². The van der Waals surface area contributed by atoms with Crippen LogP contribution in [-0.4, -0.2) is 25.2 Å². The Balaban J connectivity index is 2.39. The molecule has 4 heteroatoms. The molecule has 0 radical (unpaired) electrons. The lowest BCUT2D eigenvalue weighted by molar-refractivity contribution is 0.150. The van der Waals surface area contributed by atoms with E-state index in [1.54, 1.807) is 18.4 Å². The van der Waals surface area contributed by atoms with E-state index in [2.05, 4.69) is 45.3 Å². The Morgan fingerprint density at radius 1 is 1.26 bits per heavy atom. The van der Waals surface area contributed by atoms with Crippen molar-refractivity contribution in [3.63, 3.8) is 0 Å². The summed E-state index contributed by atoms with van der Waals surface area (Å²) in [4.78, 5) is 4.69. The summed E-state index contributed by atoms with van der Waals surface area (Å²) in [6.07, 6.45) is 1.07. The smallest absolute Gasteiger partial charge is 0.107 e. The fraction of sp³-hybridized carbons (Fsp3) is 0.800. The highest BCUT2D eigenvalue weighted by atomic mass is 32.1. The van der Waals surface area contributed by atoms with Crippen LogP contribution >= 0.6 is 11.3 Å². The first kappa shape index (κ1) is 16.6. The highest BCUT2D eigenvalue weighted by molar-refractivity contribution is 7.09. The van der Waals surface area contributed by atoms with E-state index in [1.807, 2.05) is 0 Å². The fourth-order valence-corrected chi connectivity index (χ4v) is 2.70. The third-order valence-corrected chi connectivity index (χ3v) is 4.03. The maximum atomic E-state index is 5.15. The normalized spacial score (nSPS) is 12.9. The van der Waals surface area contributed by atoms with E-state index >= 15 is 0 Å². The summed E-state index contributed by atoms with van der Waals surface area (Å²) in [6, 6.07) is 0.